The van der Waals surface area contributed by atoms with Gasteiger partial charge in [0.05, 0.1) is 0 Å². The maximum atomic E-state index is 2.90. The van der Waals surface area contributed by atoms with Crippen LogP contribution in [0.15, 0.2) is 42.5 Å². The normalized spacial score (nSPS) is 10.9. The van der Waals surface area contributed by atoms with Crippen LogP contribution in [0.1, 0.15) is 13.8 Å². The summed E-state index contributed by atoms with van der Waals surface area (Å²) < 4.78 is 0. The fourth-order valence-corrected chi connectivity index (χ4v) is 0.519. The molecule has 0 aliphatic heterocycles. The summed E-state index contributed by atoms with van der Waals surface area (Å²) in [6.45, 7) is 3.87. The zero-order valence-electron chi connectivity index (χ0n) is 7.65. The molecule has 13 heavy (non-hydrogen) atoms. The van der Waals surface area contributed by atoms with Crippen molar-refractivity contribution in [1.29, 1.82) is 0 Å². The van der Waals surface area contributed by atoms with E-state index in [1.54, 1.807) is 0 Å². The Balaban J connectivity index is -0.000000500. The molecule has 0 bridgehead atoms. The van der Waals surface area contributed by atoms with Gasteiger partial charge in [0.2, 0.25) is 0 Å². The number of allylic oxidation sites excluding steroid dienone is 8. The van der Waals surface area contributed by atoms with Crippen LogP contribution in [0.2, 0.25) is 0 Å². The van der Waals surface area contributed by atoms with E-state index in [9.17, 15) is 0 Å². The maximum absolute atomic E-state index is 2.90. The monoisotopic (exact) mass is 494 g/mol. The molecule has 2 heteroatoms. The van der Waals surface area contributed by atoms with Gasteiger partial charge in [-0.3, -0.25) is 6.08 Å². The minimum Gasteiger partial charge on any atom is -0.279 e. The molecule has 0 N–H and O–H groups in total. The molecule has 0 saturated heterocycles. The van der Waals surface area contributed by atoms with E-state index in [-0.39, 0.29) is 93.8 Å². The molecule has 0 rings (SSSR count). The van der Waals surface area contributed by atoms with Crippen LogP contribution < -0.4 is 0 Å². The summed E-state index contributed by atoms with van der Waals surface area (Å²) in [7, 11) is 0. The first-order chi connectivity index (χ1) is 5.41. The van der Waals surface area contributed by atoms with Crippen LogP contribution in [0.5, 0.6) is 0 Å². The summed E-state index contributed by atoms with van der Waals surface area (Å²) in [6.07, 6.45) is 18.6. The van der Waals surface area contributed by atoms with Crippen molar-refractivity contribution < 1.29 is 93.8 Å². The first-order valence-electron chi connectivity index (χ1n) is 3.70. The van der Waals surface area contributed by atoms with E-state index in [1.807, 2.05) is 62.8 Å². The van der Waals surface area contributed by atoms with E-state index >= 15 is 0 Å². The third kappa shape index (κ3) is 20.1. The molecule has 0 aromatic carbocycles. The molecule has 0 spiro atoms. The standard InChI is InChI=1S/C11H14.2Yb/c1-3-5-7-9-11-10-8-6-4-2;;/h3,5-11H,1-2H3;;/q-2;;. The van der Waals surface area contributed by atoms with Gasteiger partial charge in [0.15, 0.2) is 0 Å². The molecule has 0 nitrogen and oxygen atoms in total. The van der Waals surface area contributed by atoms with E-state index in [0.29, 0.717) is 0 Å². The van der Waals surface area contributed by atoms with E-state index in [0.717, 1.165) is 0 Å². The minimum atomic E-state index is 0. The third-order valence-corrected chi connectivity index (χ3v) is 1.01. The van der Waals surface area contributed by atoms with Crippen molar-refractivity contribution >= 4 is 0 Å². The summed E-state index contributed by atoms with van der Waals surface area (Å²) in [5.74, 6) is 0. The summed E-state index contributed by atoms with van der Waals surface area (Å²) >= 11 is 0. The Kier molecular flexibility index (Phi) is 30.4. The molecule has 0 aliphatic rings. The Morgan fingerprint density at radius 2 is 1.46 bits per heavy atom. The predicted octanol–water partition coefficient (Wildman–Crippen LogP) is 3.26. The summed E-state index contributed by atoms with van der Waals surface area (Å²) in [5, 5.41) is 0. The second kappa shape index (κ2) is 19.4. The van der Waals surface area contributed by atoms with E-state index in [1.165, 1.54) is 0 Å². The minimum absolute atomic E-state index is 0. The molecular formula is C11H14Yb2-2. The van der Waals surface area contributed by atoms with Gasteiger partial charge in [0.25, 0.3) is 0 Å². The second-order valence-electron chi connectivity index (χ2n) is 1.94. The van der Waals surface area contributed by atoms with Gasteiger partial charge in [-0.15, -0.1) is 26.0 Å². The molecule has 0 atom stereocenters. The quantitative estimate of drug-likeness (QED) is 0.418. The second-order valence-corrected chi connectivity index (χ2v) is 1.94. The Morgan fingerprint density at radius 3 is 2.00 bits per heavy atom. The number of hydrogen-bond acceptors (Lipinski definition) is 0. The molecule has 0 fully saturated rings. The summed E-state index contributed by atoms with van der Waals surface area (Å²) in [4.78, 5) is 0. The zero-order valence-corrected chi connectivity index (χ0v) is 11.1. The van der Waals surface area contributed by atoms with Gasteiger partial charge in [-0.1, -0.05) is 6.08 Å². The first-order valence-corrected chi connectivity index (χ1v) is 3.70. The fourth-order valence-electron chi connectivity index (χ4n) is 0.519. The fraction of sp³-hybridized carbons (Fsp3) is 0.182. The van der Waals surface area contributed by atoms with Crippen LogP contribution in [-0.2, 0) is 0 Å². The largest absolute Gasteiger partial charge is 0.279 e. The predicted molar refractivity (Wildman–Crippen MR) is 50.9 cm³/mol. The number of rotatable bonds is 4. The smallest absolute Gasteiger partial charge is 0 e. The average molecular weight is 492 g/mol. The molecule has 0 saturated carbocycles. The molecule has 88 valence electrons. The first kappa shape index (κ1) is 20.3. The molecule has 0 radical (unpaired) electrons. The molecule has 0 heterocycles. The van der Waals surface area contributed by atoms with Crippen molar-refractivity contribution in [2.24, 2.45) is 0 Å². The third-order valence-electron chi connectivity index (χ3n) is 1.01. The van der Waals surface area contributed by atoms with Gasteiger partial charge in [-0.25, -0.2) is 30.7 Å². The summed E-state index contributed by atoms with van der Waals surface area (Å²) in [6, 6.07) is 0. The SMILES string of the molecule is C[C-]=CC=CC=CC=C[CH-]C.[Yb].[Yb]. The van der Waals surface area contributed by atoms with Crippen LogP contribution in [-0.4, -0.2) is 0 Å². The van der Waals surface area contributed by atoms with Crippen molar-refractivity contribution in [3.8, 4) is 0 Å². The van der Waals surface area contributed by atoms with Crippen molar-refractivity contribution in [2.45, 2.75) is 13.8 Å². The number of hydrogen-bond donors (Lipinski definition) is 0. The van der Waals surface area contributed by atoms with Gasteiger partial charge < -0.3 is 0 Å². The van der Waals surface area contributed by atoms with Crippen LogP contribution in [0.3, 0.4) is 0 Å². The van der Waals surface area contributed by atoms with Crippen LogP contribution in [0.4, 0.5) is 0 Å². The maximum Gasteiger partial charge on any atom is 0 e. The van der Waals surface area contributed by atoms with E-state index in [4.69, 9.17) is 0 Å². The Morgan fingerprint density at radius 1 is 0.923 bits per heavy atom. The van der Waals surface area contributed by atoms with Crippen molar-refractivity contribution in [2.75, 3.05) is 0 Å². The van der Waals surface area contributed by atoms with Gasteiger partial charge in [-0.05, 0) is 0 Å². The molecule has 0 unspecified atom stereocenters. The van der Waals surface area contributed by atoms with Crippen molar-refractivity contribution in [3.63, 3.8) is 0 Å². The molecule has 0 amide bonds. The Hall–Kier alpha value is 1.87. The van der Waals surface area contributed by atoms with E-state index < -0.39 is 0 Å². The van der Waals surface area contributed by atoms with Crippen molar-refractivity contribution in [1.82, 2.24) is 0 Å². The average Bonchev–Trinajstić information content (AvgIpc) is 2.03. The van der Waals surface area contributed by atoms with Gasteiger partial charge in [-0.2, -0.15) is 0 Å². The van der Waals surface area contributed by atoms with Gasteiger partial charge >= 0.3 is 0 Å². The van der Waals surface area contributed by atoms with Crippen LogP contribution >= 0.6 is 0 Å². The Bertz CT molecular complexity index is 177. The summed E-state index contributed by atoms with van der Waals surface area (Å²) in [5.41, 5.74) is 0. The van der Waals surface area contributed by atoms with Crippen molar-refractivity contribution in [3.05, 3.63) is 55.0 Å². The molecule has 0 aliphatic carbocycles. The van der Waals surface area contributed by atoms with Gasteiger partial charge in [0, 0.05) is 93.8 Å². The zero-order chi connectivity index (χ0) is 8.36. The van der Waals surface area contributed by atoms with Crippen LogP contribution in [0.25, 0.3) is 0 Å². The molecular weight excluding hydrogens is 478 g/mol. The van der Waals surface area contributed by atoms with Crippen LogP contribution in [0, 0.1) is 106 Å². The van der Waals surface area contributed by atoms with E-state index in [2.05, 4.69) is 6.08 Å². The topological polar surface area (TPSA) is 0 Å². The van der Waals surface area contributed by atoms with Gasteiger partial charge in [0.1, 0.15) is 0 Å². The Labute approximate surface area is 159 Å². The molecule has 0 aromatic rings. The molecule has 0 aromatic heterocycles.